The lowest BCUT2D eigenvalue weighted by Gasteiger charge is -2.27. The normalized spacial score (nSPS) is 15.6. The first kappa shape index (κ1) is 20.5. The third kappa shape index (κ3) is 4.36. The first-order valence-corrected chi connectivity index (χ1v) is 10.7. The molecule has 0 aliphatic carbocycles. The molecule has 2 N–H and O–H groups in total. The number of nitrogens with two attached hydrogens (primary N) is 1. The molecule has 0 bridgehead atoms. The molecule has 3 aromatic rings. The minimum absolute atomic E-state index is 0.117. The van der Waals surface area contributed by atoms with Gasteiger partial charge in [-0.2, -0.15) is 4.99 Å². The highest BCUT2D eigenvalue weighted by Gasteiger charge is 2.19. The van der Waals surface area contributed by atoms with Crippen molar-refractivity contribution in [1.29, 1.82) is 0 Å². The SMILES string of the molecule is Cc1nc(-c2ccc(C(C)(C)C)cc2)sc1-c1nnc(N=C(N)N2CCOCC2)o1. The van der Waals surface area contributed by atoms with Gasteiger partial charge in [0.15, 0.2) is 0 Å². The molecular weight excluding hydrogens is 400 g/mol. The summed E-state index contributed by atoms with van der Waals surface area (Å²) in [5, 5.41) is 9.09. The highest BCUT2D eigenvalue weighted by Crippen LogP contribution is 2.36. The number of thiazole rings is 1. The number of aliphatic imine (C=N–C) groups is 1. The van der Waals surface area contributed by atoms with Gasteiger partial charge in [-0.25, -0.2) is 4.98 Å². The minimum atomic E-state index is 0.117. The van der Waals surface area contributed by atoms with E-state index in [2.05, 4.69) is 60.2 Å². The van der Waals surface area contributed by atoms with Crippen molar-refractivity contribution in [2.24, 2.45) is 10.7 Å². The van der Waals surface area contributed by atoms with Gasteiger partial charge in [-0.05, 0) is 17.9 Å². The molecule has 1 aliphatic heterocycles. The predicted molar refractivity (Wildman–Crippen MR) is 118 cm³/mol. The van der Waals surface area contributed by atoms with E-state index in [1.165, 1.54) is 16.9 Å². The van der Waals surface area contributed by atoms with E-state index in [-0.39, 0.29) is 11.4 Å². The zero-order valence-electron chi connectivity index (χ0n) is 17.7. The molecule has 0 saturated carbocycles. The molecule has 0 spiro atoms. The molecule has 1 saturated heterocycles. The Morgan fingerprint density at radius 1 is 1.13 bits per heavy atom. The van der Waals surface area contributed by atoms with E-state index < -0.39 is 0 Å². The molecule has 0 radical (unpaired) electrons. The van der Waals surface area contributed by atoms with E-state index >= 15 is 0 Å². The number of morpholine rings is 1. The molecule has 0 atom stereocenters. The third-order valence-electron chi connectivity index (χ3n) is 4.95. The number of aromatic nitrogens is 3. The second-order valence-electron chi connectivity index (χ2n) is 8.22. The summed E-state index contributed by atoms with van der Waals surface area (Å²) in [6, 6.07) is 8.65. The topological polar surface area (TPSA) is 103 Å². The Morgan fingerprint density at radius 3 is 2.50 bits per heavy atom. The van der Waals surface area contributed by atoms with Crippen LogP contribution in [-0.4, -0.2) is 52.3 Å². The maximum Gasteiger partial charge on any atom is 0.346 e. The Kier molecular flexibility index (Phi) is 5.57. The Bertz CT molecular complexity index is 1040. The number of benzene rings is 1. The van der Waals surface area contributed by atoms with E-state index in [9.17, 15) is 0 Å². The first-order chi connectivity index (χ1) is 14.3. The maximum absolute atomic E-state index is 6.06. The van der Waals surface area contributed by atoms with Gasteiger partial charge in [-0.15, -0.1) is 16.4 Å². The number of ether oxygens (including phenoxy) is 1. The van der Waals surface area contributed by atoms with Gasteiger partial charge in [-0.3, -0.25) is 0 Å². The monoisotopic (exact) mass is 426 g/mol. The van der Waals surface area contributed by atoms with Gasteiger partial charge in [0.1, 0.15) is 9.88 Å². The van der Waals surface area contributed by atoms with Crippen LogP contribution in [0.3, 0.4) is 0 Å². The molecule has 8 nitrogen and oxygen atoms in total. The number of hydrogen-bond donors (Lipinski definition) is 1. The van der Waals surface area contributed by atoms with Crippen LogP contribution in [0.15, 0.2) is 33.7 Å². The van der Waals surface area contributed by atoms with Crippen molar-refractivity contribution in [3.63, 3.8) is 0 Å². The average Bonchev–Trinajstić information content (AvgIpc) is 3.34. The summed E-state index contributed by atoms with van der Waals surface area (Å²) in [6.07, 6.45) is 0. The summed E-state index contributed by atoms with van der Waals surface area (Å²) in [7, 11) is 0. The van der Waals surface area contributed by atoms with Crippen LogP contribution in [0, 0.1) is 6.92 Å². The molecule has 1 aromatic carbocycles. The van der Waals surface area contributed by atoms with Crippen LogP contribution in [0.25, 0.3) is 21.3 Å². The van der Waals surface area contributed by atoms with Crippen molar-refractivity contribution in [3.8, 4) is 21.3 Å². The predicted octanol–water partition coefficient (Wildman–Crippen LogP) is 3.74. The fraction of sp³-hybridized carbons (Fsp3) is 0.429. The lowest BCUT2D eigenvalue weighted by atomic mass is 9.87. The number of aryl methyl sites for hydroxylation is 1. The molecule has 158 valence electrons. The second kappa shape index (κ2) is 8.16. The van der Waals surface area contributed by atoms with Gasteiger partial charge < -0.3 is 19.8 Å². The minimum Gasteiger partial charge on any atom is -0.401 e. The average molecular weight is 427 g/mol. The Morgan fingerprint density at radius 2 is 1.83 bits per heavy atom. The number of nitrogens with zero attached hydrogens (tertiary/aromatic N) is 5. The van der Waals surface area contributed by atoms with Crippen LogP contribution in [-0.2, 0) is 10.2 Å². The Labute approximate surface area is 179 Å². The lowest BCUT2D eigenvalue weighted by Crippen LogP contribution is -2.44. The van der Waals surface area contributed by atoms with Crippen molar-refractivity contribution in [1.82, 2.24) is 20.1 Å². The first-order valence-electron chi connectivity index (χ1n) is 9.90. The summed E-state index contributed by atoms with van der Waals surface area (Å²) < 4.78 is 11.1. The third-order valence-corrected chi connectivity index (χ3v) is 6.14. The van der Waals surface area contributed by atoms with E-state index in [0.717, 1.165) is 21.1 Å². The summed E-state index contributed by atoms with van der Waals surface area (Å²) in [5.74, 6) is 0.755. The van der Waals surface area contributed by atoms with Crippen molar-refractivity contribution < 1.29 is 9.15 Å². The van der Waals surface area contributed by atoms with E-state index in [4.69, 9.17) is 19.9 Å². The molecule has 0 unspecified atom stereocenters. The Balaban J connectivity index is 1.55. The summed E-state index contributed by atoms with van der Waals surface area (Å²) in [5.41, 5.74) is 9.38. The molecule has 0 amide bonds. The number of rotatable bonds is 3. The number of hydrogen-bond acceptors (Lipinski definition) is 7. The van der Waals surface area contributed by atoms with Gasteiger partial charge in [0.2, 0.25) is 5.96 Å². The van der Waals surface area contributed by atoms with Gasteiger partial charge in [0, 0.05) is 18.7 Å². The second-order valence-corrected chi connectivity index (χ2v) is 9.22. The van der Waals surface area contributed by atoms with Crippen LogP contribution in [0.1, 0.15) is 32.0 Å². The molecule has 30 heavy (non-hydrogen) atoms. The van der Waals surface area contributed by atoms with Gasteiger partial charge in [-0.1, -0.05) is 50.1 Å². The largest absolute Gasteiger partial charge is 0.401 e. The zero-order valence-corrected chi connectivity index (χ0v) is 18.5. The van der Waals surface area contributed by atoms with Crippen molar-refractivity contribution in [3.05, 3.63) is 35.5 Å². The fourth-order valence-electron chi connectivity index (χ4n) is 3.14. The van der Waals surface area contributed by atoms with E-state index in [1.807, 2.05) is 11.8 Å². The summed E-state index contributed by atoms with van der Waals surface area (Å²) >= 11 is 1.53. The highest BCUT2D eigenvalue weighted by atomic mass is 32.1. The van der Waals surface area contributed by atoms with Gasteiger partial charge in [0.25, 0.3) is 5.89 Å². The van der Waals surface area contributed by atoms with Crippen LogP contribution in [0.2, 0.25) is 0 Å². The lowest BCUT2D eigenvalue weighted by molar-refractivity contribution is 0.0675. The van der Waals surface area contributed by atoms with Crippen LogP contribution < -0.4 is 5.73 Å². The maximum atomic E-state index is 6.06. The Hall–Kier alpha value is -2.78. The smallest absolute Gasteiger partial charge is 0.346 e. The van der Waals surface area contributed by atoms with Gasteiger partial charge in [0.05, 0.1) is 18.9 Å². The molecule has 9 heteroatoms. The van der Waals surface area contributed by atoms with Crippen molar-refractivity contribution in [2.75, 3.05) is 26.3 Å². The molecule has 4 rings (SSSR count). The summed E-state index contributed by atoms with van der Waals surface area (Å²) in [4.78, 5) is 11.7. The zero-order chi connectivity index (χ0) is 21.3. The molecule has 3 heterocycles. The van der Waals surface area contributed by atoms with Crippen molar-refractivity contribution in [2.45, 2.75) is 33.1 Å². The molecule has 2 aromatic heterocycles. The van der Waals surface area contributed by atoms with Crippen LogP contribution in [0.4, 0.5) is 6.01 Å². The molecular formula is C21H26N6O2S. The van der Waals surface area contributed by atoms with E-state index in [0.29, 0.717) is 38.2 Å². The van der Waals surface area contributed by atoms with E-state index in [1.54, 1.807) is 0 Å². The van der Waals surface area contributed by atoms with Crippen molar-refractivity contribution >= 4 is 23.3 Å². The fourth-order valence-corrected chi connectivity index (χ4v) is 4.14. The standard InChI is InChI=1S/C21H26N6O2S/c1-13-16(30-18(23-13)14-5-7-15(8-6-14)21(2,3)4)17-25-26-20(29-17)24-19(22)27-9-11-28-12-10-27/h5-8H,9-12H2,1-4H3,(H2,22,24,26). The number of guanidine groups is 1. The van der Waals surface area contributed by atoms with Gasteiger partial charge >= 0.3 is 6.01 Å². The molecule has 1 aliphatic rings. The van der Waals surface area contributed by atoms with Crippen LogP contribution in [0.5, 0.6) is 0 Å². The highest BCUT2D eigenvalue weighted by molar-refractivity contribution is 7.18. The van der Waals surface area contributed by atoms with Crippen LogP contribution >= 0.6 is 11.3 Å². The molecule has 1 fully saturated rings. The quantitative estimate of drug-likeness (QED) is 0.502. The summed E-state index contributed by atoms with van der Waals surface area (Å²) in [6.45, 7) is 11.2.